The molecule has 11 heteroatoms. The quantitative estimate of drug-likeness (QED) is 0.397. The molecule has 178 valence electrons. The minimum atomic E-state index is -0.782. The van der Waals surface area contributed by atoms with Gasteiger partial charge in [0.25, 0.3) is 0 Å². The van der Waals surface area contributed by atoms with Gasteiger partial charge in [-0.05, 0) is 24.6 Å². The maximum absolute atomic E-state index is 14.3. The molecular weight excluding hydrogens is 466 g/mol. The number of carbonyl (C=O) groups excluding carboxylic acids is 1. The number of fused-ring (bicyclic) bond motifs is 2. The summed E-state index contributed by atoms with van der Waals surface area (Å²) in [6.45, 7) is 3.76. The van der Waals surface area contributed by atoms with Crippen LogP contribution in [0.1, 0.15) is 6.42 Å². The van der Waals surface area contributed by atoms with E-state index in [0.717, 1.165) is 37.0 Å². The fraction of sp³-hybridized carbons (Fsp3) is 0.348. The van der Waals surface area contributed by atoms with Gasteiger partial charge in [0.2, 0.25) is 5.91 Å². The van der Waals surface area contributed by atoms with Crippen LogP contribution in [-0.2, 0) is 16.1 Å². The number of rotatable bonds is 7. The van der Waals surface area contributed by atoms with Crippen LogP contribution in [0.25, 0.3) is 21.3 Å². The SMILES string of the molecule is O=C(Cn1c(=O)oc2ccccc21)N(CCCN1CCOCC1)c1nc2c(F)cc(F)cc2s1. The highest BCUT2D eigenvalue weighted by Gasteiger charge is 2.24. The second-order valence-electron chi connectivity index (χ2n) is 8.01. The maximum Gasteiger partial charge on any atom is 0.420 e. The number of benzene rings is 2. The average molecular weight is 489 g/mol. The molecule has 8 nitrogen and oxygen atoms in total. The lowest BCUT2D eigenvalue weighted by molar-refractivity contribution is -0.119. The number of carbonyl (C=O) groups is 1. The first-order chi connectivity index (χ1) is 16.5. The van der Waals surface area contributed by atoms with Crippen molar-refractivity contribution in [2.75, 3.05) is 44.3 Å². The average Bonchev–Trinajstić information content (AvgIpc) is 3.38. The van der Waals surface area contributed by atoms with Crippen LogP contribution in [0.5, 0.6) is 0 Å². The Hall–Kier alpha value is -3.15. The molecule has 1 aliphatic heterocycles. The number of anilines is 1. The summed E-state index contributed by atoms with van der Waals surface area (Å²) in [5.74, 6) is -2.52. The molecule has 0 saturated carbocycles. The molecule has 1 saturated heterocycles. The Morgan fingerprint density at radius 3 is 2.79 bits per heavy atom. The number of amides is 1. The molecule has 1 amide bonds. The van der Waals surface area contributed by atoms with E-state index in [1.807, 2.05) is 0 Å². The third-order valence-corrected chi connectivity index (χ3v) is 6.79. The van der Waals surface area contributed by atoms with Crippen molar-refractivity contribution in [1.29, 1.82) is 0 Å². The lowest BCUT2D eigenvalue weighted by Gasteiger charge is -2.27. The number of halogens is 2. The molecule has 4 aromatic rings. The van der Waals surface area contributed by atoms with E-state index in [9.17, 15) is 18.4 Å². The van der Waals surface area contributed by atoms with Gasteiger partial charge in [-0.25, -0.2) is 18.6 Å². The molecule has 0 N–H and O–H groups in total. The summed E-state index contributed by atoms with van der Waals surface area (Å²) in [4.78, 5) is 33.8. The molecule has 2 aromatic carbocycles. The predicted molar refractivity (Wildman–Crippen MR) is 124 cm³/mol. The van der Waals surface area contributed by atoms with E-state index in [1.165, 1.54) is 15.5 Å². The van der Waals surface area contributed by atoms with Crippen molar-refractivity contribution in [2.45, 2.75) is 13.0 Å². The third-order valence-electron chi connectivity index (χ3n) is 5.76. The number of oxazole rings is 1. The molecule has 0 radical (unpaired) electrons. The van der Waals surface area contributed by atoms with Crippen LogP contribution in [0.2, 0.25) is 0 Å². The molecule has 34 heavy (non-hydrogen) atoms. The monoisotopic (exact) mass is 488 g/mol. The van der Waals surface area contributed by atoms with E-state index in [1.54, 1.807) is 24.3 Å². The summed E-state index contributed by atoms with van der Waals surface area (Å²) in [6, 6.07) is 8.82. The van der Waals surface area contributed by atoms with Crippen LogP contribution in [0.4, 0.5) is 13.9 Å². The van der Waals surface area contributed by atoms with Gasteiger partial charge in [0, 0.05) is 32.2 Å². The third kappa shape index (κ3) is 4.59. The molecule has 1 aliphatic rings. The van der Waals surface area contributed by atoms with Crippen molar-refractivity contribution >= 4 is 43.7 Å². The first kappa shape index (κ1) is 22.6. The number of para-hydroxylation sites is 2. The standard InChI is InChI=1S/C23H22F2N4O4S/c24-15-12-16(25)21-19(13-15)34-22(26-21)28(7-3-6-27-8-10-32-11-9-27)20(30)14-29-17-4-1-2-5-18(17)33-23(29)31/h1-2,4-5,12-13H,3,6-11,14H2. The van der Waals surface area contributed by atoms with Crippen LogP contribution >= 0.6 is 11.3 Å². The molecule has 2 aromatic heterocycles. The maximum atomic E-state index is 14.3. The highest BCUT2D eigenvalue weighted by atomic mass is 32.1. The predicted octanol–water partition coefficient (Wildman–Crippen LogP) is 3.24. The van der Waals surface area contributed by atoms with E-state index in [0.29, 0.717) is 42.0 Å². The van der Waals surface area contributed by atoms with Crippen molar-refractivity contribution in [3.05, 3.63) is 58.6 Å². The van der Waals surface area contributed by atoms with Gasteiger partial charge in [-0.3, -0.25) is 19.2 Å². The van der Waals surface area contributed by atoms with E-state index >= 15 is 0 Å². The normalized spacial score (nSPS) is 14.8. The number of morpholine rings is 1. The number of aromatic nitrogens is 2. The highest BCUT2D eigenvalue weighted by molar-refractivity contribution is 7.22. The largest absolute Gasteiger partial charge is 0.420 e. The van der Waals surface area contributed by atoms with Crippen molar-refractivity contribution in [2.24, 2.45) is 0 Å². The van der Waals surface area contributed by atoms with Crippen LogP contribution in [0.15, 0.2) is 45.6 Å². The summed E-state index contributed by atoms with van der Waals surface area (Å²) in [5.41, 5.74) is 0.904. The Morgan fingerprint density at radius 2 is 1.97 bits per heavy atom. The summed E-state index contributed by atoms with van der Waals surface area (Å²) in [6.07, 6.45) is 0.638. The van der Waals surface area contributed by atoms with Gasteiger partial charge in [0.15, 0.2) is 16.5 Å². The minimum absolute atomic E-state index is 0.0123. The van der Waals surface area contributed by atoms with Gasteiger partial charge >= 0.3 is 5.76 Å². The molecule has 5 rings (SSSR count). The molecule has 1 fully saturated rings. The number of thiazole rings is 1. The topological polar surface area (TPSA) is 80.8 Å². The zero-order chi connectivity index (χ0) is 23.7. The number of nitrogens with zero attached hydrogens (tertiary/aromatic N) is 4. The Morgan fingerprint density at radius 1 is 1.18 bits per heavy atom. The zero-order valence-electron chi connectivity index (χ0n) is 18.2. The smallest absolute Gasteiger partial charge is 0.408 e. The molecule has 0 atom stereocenters. The van der Waals surface area contributed by atoms with Gasteiger partial charge in [-0.2, -0.15) is 0 Å². The summed E-state index contributed by atoms with van der Waals surface area (Å²) >= 11 is 1.04. The Bertz CT molecular complexity index is 1390. The van der Waals surface area contributed by atoms with Crippen molar-refractivity contribution in [3.63, 3.8) is 0 Å². The molecule has 3 heterocycles. The van der Waals surface area contributed by atoms with Gasteiger partial charge < -0.3 is 9.15 Å². The lowest BCUT2D eigenvalue weighted by Crippen LogP contribution is -2.40. The van der Waals surface area contributed by atoms with Crippen LogP contribution < -0.4 is 10.7 Å². The molecule has 0 unspecified atom stereocenters. The summed E-state index contributed by atoms with van der Waals surface area (Å²) in [5, 5.41) is 0.257. The molecule has 0 spiro atoms. The van der Waals surface area contributed by atoms with E-state index in [4.69, 9.17) is 9.15 Å². The second kappa shape index (κ2) is 9.61. The first-order valence-electron chi connectivity index (χ1n) is 10.9. The Balaban J connectivity index is 1.43. The second-order valence-corrected chi connectivity index (χ2v) is 9.01. The lowest BCUT2D eigenvalue weighted by atomic mass is 10.3. The Kier molecular flexibility index (Phi) is 6.40. The zero-order valence-corrected chi connectivity index (χ0v) is 19.0. The fourth-order valence-electron chi connectivity index (χ4n) is 4.05. The highest BCUT2D eigenvalue weighted by Crippen LogP contribution is 2.31. The van der Waals surface area contributed by atoms with Crippen molar-refractivity contribution in [1.82, 2.24) is 14.5 Å². The summed E-state index contributed by atoms with van der Waals surface area (Å²) < 4.78 is 40.2. The van der Waals surface area contributed by atoms with E-state index < -0.39 is 23.3 Å². The number of hydrogen-bond donors (Lipinski definition) is 0. The molecule has 0 aliphatic carbocycles. The van der Waals surface area contributed by atoms with E-state index in [-0.39, 0.29) is 17.2 Å². The summed E-state index contributed by atoms with van der Waals surface area (Å²) in [7, 11) is 0. The van der Waals surface area contributed by atoms with Gasteiger partial charge in [-0.1, -0.05) is 23.5 Å². The van der Waals surface area contributed by atoms with E-state index in [2.05, 4.69) is 9.88 Å². The van der Waals surface area contributed by atoms with Crippen LogP contribution in [-0.4, -0.2) is 59.8 Å². The first-order valence-corrected chi connectivity index (χ1v) is 11.8. The fourth-order valence-corrected chi connectivity index (χ4v) is 5.10. The Labute approximate surface area is 197 Å². The molecular formula is C23H22F2N4O4S. The van der Waals surface area contributed by atoms with Crippen LogP contribution in [0.3, 0.4) is 0 Å². The molecule has 0 bridgehead atoms. The number of hydrogen-bond acceptors (Lipinski definition) is 7. The number of ether oxygens (including phenoxy) is 1. The van der Waals surface area contributed by atoms with Gasteiger partial charge in [0.1, 0.15) is 17.9 Å². The van der Waals surface area contributed by atoms with Gasteiger partial charge in [0.05, 0.1) is 23.4 Å². The van der Waals surface area contributed by atoms with Crippen molar-refractivity contribution in [3.8, 4) is 0 Å². The van der Waals surface area contributed by atoms with Crippen molar-refractivity contribution < 1.29 is 22.7 Å². The minimum Gasteiger partial charge on any atom is -0.408 e. The van der Waals surface area contributed by atoms with Crippen LogP contribution in [0, 0.1) is 11.6 Å². The van der Waals surface area contributed by atoms with Gasteiger partial charge in [-0.15, -0.1) is 0 Å².